The van der Waals surface area contributed by atoms with E-state index in [2.05, 4.69) is 25.1 Å². The molecule has 7 nitrogen and oxygen atoms in total. The SMILES string of the molecule is Cl.NC1(c2noc(Cc3csc(-c4cnccn4)n3)n2)CCCC1. The lowest BCUT2D eigenvalue weighted by Crippen LogP contribution is -2.34. The minimum absolute atomic E-state index is 0. The predicted molar refractivity (Wildman–Crippen MR) is 91.8 cm³/mol. The van der Waals surface area contributed by atoms with Gasteiger partial charge in [-0.05, 0) is 12.8 Å². The van der Waals surface area contributed by atoms with Gasteiger partial charge in [0.2, 0.25) is 5.89 Å². The number of thiazole rings is 1. The van der Waals surface area contributed by atoms with E-state index in [0.717, 1.165) is 42.1 Å². The average Bonchev–Trinajstić information content (AvgIpc) is 3.30. The zero-order valence-electron chi connectivity index (χ0n) is 12.9. The van der Waals surface area contributed by atoms with Crippen molar-refractivity contribution in [3.63, 3.8) is 0 Å². The van der Waals surface area contributed by atoms with Gasteiger partial charge >= 0.3 is 0 Å². The minimum atomic E-state index is -0.422. The van der Waals surface area contributed by atoms with Gasteiger partial charge in [-0.3, -0.25) is 9.97 Å². The van der Waals surface area contributed by atoms with E-state index in [4.69, 9.17) is 10.3 Å². The highest BCUT2D eigenvalue weighted by Crippen LogP contribution is 2.34. The Labute approximate surface area is 149 Å². The third kappa shape index (κ3) is 3.31. The van der Waals surface area contributed by atoms with Crippen LogP contribution in [0.15, 0.2) is 28.5 Å². The topological polar surface area (TPSA) is 104 Å². The highest BCUT2D eigenvalue weighted by atomic mass is 35.5. The highest BCUT2D eigenvalue weighted by Gasteiger charge is 2.35. The number of hydrogen-bond acceptors (Lipinski definition) is 8. The summed E-state index contributed by atoms with van der Waals surface area (Å²) in [6.07, 6.45) is 9.57. The molecule has 0 atom stereocenters. The lowest BCUT2D eigenvalue weighted by atomic mass is 9.99. The fourth-order valence-corrected chi connectivity index (χ4v) is 3.61. The zero-order chi connectivity index (χ0) is 15.7. The maximum atomic E-state index is 6.35. The smallest absolute Gasteiger partial charge is 0.232 e. The summed E-state index contributed by atoms with van der Waals surface area (Å²) in [4.78, 5) is 17.3. The maximum absolute atomic E-state index is 6.35. The highest BCUT2D eigenvalue weighted by molar-refractivity contribution is 7.13. The molecule has 9 heteroatoms. The van der Waals surface area contributed by atoms with Gasteiger partial charge < -0.3 is 10.3 Å². The molecular formula is C15H17ClN6OS. The van der Waals surface area contributed by atoms with Crippen molar-refractivity contribution < 1.29 is 4.52 Å². The van der Waals surface area contributed by atoms with E-state index in [1.54, 1.807) is 18.6 Å². The van der Waals surface area contributed by atoms with Crippen molar-refractivity contribution in [2.24, 2.45) is 5.73 Å². The van der Waals surface area contributed by atoms with E-state index >= 15 is 0 Å². The van der Waals surface area contributed by atoms with Crippen molar-refractivity contribution in [2.45, 2.75) is 37.6 Å². The van der Waals surface area contributed by atoms with Crippen LogP contribution in [0.2, 0.25) is 0 Å². The molecule has 0 aliphatic heterocycles. The fourth-order valence-electron chi connectivity index (χ4n) is 2.83. The van der Waals surface area contributed by atoms with E-state index in [1.807, 2.05) is 5.38 Å². The van der Waals surface area contributed by atoms with Gasteiger partial charge in [-0.25, -0.2) is 4.98 Å². The van der Waals surface area contributed by atoms with Crippen molar-refractivity contribution >= 4 is 23.7 Å². The molecule has 1 saturated carbocycles. The number of halogens is 1. The lowest BCUT2D eigenvalue weighted by Gasteiger charge is -2.17. The summed E-state index contributed by atoms with van der Waals surface area (Å²) < 4.78 is 5.36. The van der Waals surface area contributed by atoms with Crippen molar-refractivity contribution in [3.8, 4) is 10.7 Å². The van der Waals surface area contributed by atoms with Crippen LogP contribution in [0.25, 0.3) is 10.7 Å². The van der Waals surface area contributed by atoms with Crippen LogP contribution in [0.1, 0.15) is 43.1 Å². The second kappa shape index (κ2) is 6.92. The molecule has 0 radical (unpaired) electrons. The Bertz CT molecular complexity index is 799. The van der Waals surface area contributed by atoms with Crippen LogP contribution in [-0.4, -0.2) is 25.1 Å². The molecule has 3 heterocycles. The largest absolute Gasteiger partial charge is 0.339 e. The van der Waals surface area contributed by atoms with Gasteiger partial charge in [0.05, 0.1) is 23.9 Å². The molecule has 1 fully saturated rings. The third-order valence-electron chi connectivity index (χ3n) is 4.08. The van der Waals surface area contributed by atoms with Crippen LogP contribution in [0.5, 0.6) is 0 Å². The van der Waals surface area contributed by atoms with Crippen LogP contribution in [0.3, 0.4) is 0 Å². The zero-order valence-corrected chi connectivity index (χ0v) is 14.5. The Kier molecular flexibility index (Phi) is 4.88. The summed E-state index contributed by atoms with van der Waals surface area (Å²) >= 11 is 1.53. The van der Waals surface area contributed by atoms with Gasteiger partial charge in [0.15, 0.2) is 5.82 Å². The molecular weight excluding hydrogens is 348 g/mol. The van der Waals surface area contributed by atoms with Crippen molar-refractivity contribution in [2.75, 3.05) is 0 Å². The Balaban J connectivity index is 0.00000169. The van der Waals surface area contributed by atoms with Crippen LogP contribution in [0, 0.1) is 0 Å². The van der Waals surface area contributed by atoms with Crippen molar-refractivity contribution in [1.82, 2.24) is 25.1 Å². The molecule has 3 aromatic rings. The molecule has 0 saturated heterocycles. The van der Waals surface area contributed by atoms with Gasteiger partial charge in [0, 0.05) is 17.8 Å². The molecule has 0 unspecified atom stereocenters. The summed E-state index contributed by atoms with van der Waals surface area (Å²) in [5.41, 5.74) is 7.58. The molecule has 24 heavy (non-hydrogen) atoms. The molecule has 2 N–H and O–H groups in total. The minimum Gasteiger partial charge on any atom is -0.339 e. The van der Waals surface area contributed by atoms with Gasteiger partial charge in [0.1, 0.15) is 10.7 Å². The molecule has 0 bridgehead atoms. The van der Waals surface area contributed by atoms with E-state index in [0.29, 0.717) is 18.1 Å². The first-order chi connectivity index (χ1) is 11.2. The predicted octanol–water partition coefficient (Wildman–Crippen LogP) is 2.72. The van der Waals surface area contributed by atoms with Crippen LogP contribution in [0.4, 0.5) is 0 Å². The van der Waals surface area contributed by atoms with E-state index in [-0.39, 0.29) is 12.4 Å². The van der Waals surface area contributed by atoms with Crippen LogP contribution >= 0.6 is 23.7 Å². The summed E-state index contributed by atoms with van der Waals surface area (Å²) in [7, 11) is 0. The molecule has 3 aromatic heterocycles. The van der Waals surface area contributed by atoms with Crippen molar-refractivity contribution in [1.29, 1.82) is 0 Å². The first kappa shape index (κ1) is 16.9. The van der Waals surface area contributed by atoms with E-state index in [1.165, 1.54) is 11.3 Å². The van der Waals surface area contributed by atoms with E-state index in [9.17, 15) is 0 Å². The molecule has 0 spiro atoms. The number of nitrogens with two attached hydrogens (primary N) is 1. The fraction of sp³-hybridized carbons (Fsp3) is 0.400. The maximum Gasteiger partial charge on any atom is 0.232 e. The monoisotopic (exact) mass is 364 g/mol. The summed E-state index contributed by atoms with van der Waals surface area (Å²) in [6.45, 7) is 0. The molecule has 1 aliphatic rings. The Morgan fingerprint density at radius 2 is 2.04 bits per heavy atom. The molecule has 1 aliphatic carbocycles. The molecule has 4 rings (SSSR count). The Hall–Kier alpha value is -1.90. The lowest BCUT2D eigenvalue weighted by molar-refractivity contribution is 0.352. The Morgan fingerprint density at radius 1 is 1.21 bits per heavy atom. The second-order valence-electron chi connectivity index (χ2n) is 5.79. The summed E-state index contributed by atoms with van der Waals surface area (Å²) in [5.74, 6) is 1.17. The number of hydrogen-bond donors (Lipinski definition) is 1. The summed E-state index contributed by atoms with van der Waals surface area (Å²) in [5, 5.41) is 6.88. The number of nitrogens with zero attached hydrogens (tertiary/aromatic N) is 5. The quantitative estimate of drug-likeness (QED) is 0.758. The summed E-state index contributed by atoms with van der Waals surface area (Å²) in [6, 6.07) is 0. The first-order valence-electron chi connectivity index (χ1n) is 7.56. The molecule has 0 amide bonds. The standard InChI is InChI=1S/C15H16N6OS.ClH/c16-15(3-1-2-4-15)14-20-12(22-21-14)7-10-9-23-13(19-10)11-8-17-5-6-18-11;/h5-6,8-9H,1-4,7,16H2;1H. The van der Waals surface area contributed by atoms with Gasteiger partial charge in [-0.1, -0.05) is 18.0 Å². The van der Waals surface area contributed by atoms with Gasteiger partial charge in [0.25, 0.3) is 0 Å². The number of rotatable bonds is 4. The molecule has 0 aromatic carbocycles. The Morgan fingerprint density at radius 3 is 2.79 bits per heavy atom. The van der Waals surface area contributed by atoms with Gasteiger partial charge in [-0.15, -0.1) is 23.7 Å². The van der Waals surface area contributed by atoms with E-state index < -0.39 is 5.54 Å². The normalized spacial score (nSPS) is 16.0. The van der Waals surface area contributed by atoms with Crippen LogP contribution < -0.4 is 5.73 Å². The third-order valence-corrected chi connectivity index (χ3v) is 4.99. The average molecular weight is 365 g/mol. The molecule has 126 valence electrons. The van der Waals surface area contributed by atoms with Gasteiger partial charge in [-0.2, -0.15) is 4.98 Å². The second-order valence-corrected chi connectivity index (χ2v) is 6.64. The van der Waals surface area contributed by atoms with Crippen molar-refractivity contribution in [3.05, 3.63) is 41.4 Å². The number of aromatic nitrogens is 5. The van der Waals surface area contributed by atoms with Crippen LogP contribution in [-0.2, 0) is 12.0 Å². The first-order valence-corrected chi connectivity index (χ1v) is 8.44.